The van der Waals surface area contributed by atoms with Gasteiger partial charge < -0.3 is 25.0 Å². The highest BCUT2D eigenvalue weighted by atomic mass is 32.1. The van der Waals surface area contributed by atoms with Crippen molar-refractivity contribution in [2.45, 2.75) is 78.5 Å². The number of hydrogen-bond acceptors (Lipinski definition) is 10. The van der Waals surface area contributed by atoms with Gasteiger partial charge in [-0.1, -0.05) is 38.1 Å². The van der Waals surface area contributed by atoms with Crippen LogP contribution in [0.3, 0.4) is 0 Å². The molecule has 1 atom stereocenters. The maximum absolute atomic E-state index is 12.7. The summed E-state index contributed by atoms with van der Waals surface area (Å²) in [4.78, 5) is 33.2. The van der Waals surface area contributed by atoms with Crippen molar-refractivity contribution >= 4 is 39.8 Å². The molecule has 0 radical (unpaired) electrons. The maximum Gasteiger partial charge on any atom is 0.410 e. The molecule has 1 aliphatic rings. The number of hydrogen-bond donors (Lipinski definition) is 2. The van der Waals surface area contributed by atoms with Crippen molar-refractivity contribution in [3.63, 3.8) is 0 Å². The molecule has 48 heavy (non-hydrogen) atoms. The third-order valence-corrected chi connectivity index (χ3v) is 9.23. The van der Waals surface area contributed by atoms with Crippen molar-refractivity contribution < 1.29 is 14.3 Å². The highest BCUT2D eigenvalue weighted by Crippen LogP contribution is 2.39. The fraction of sp³-hybridized carbons (Fsp3) is 0.378. The molecule has 1 saturated heterocycles. The van der Waals surface area contributed by atoms with Crippen LogP contribution in [0.25, 0.3) is 22.0 Å². The van der Waals surface area contributed by atoms with Crippen molar-refractivity contribution in [3.8, 4) is 22.9 Å². The van der Waals surface area contributed by atoms with Gasteiger partial charge in [0.25, 0.3) is 0 Å². The van der Waals surface area contributed by atoms with Crippen LogP contribution in [0.2, 0.25) is 0 Å². The molecule has 1 fully saturated rings. The molecule has 3 aromatic heterocycles. The van der Waals surface area contributed by atoms with Gasteiger partial charge in [-0.25, -0.2) is 24.7 Å². The number of pyridine rings is 1. The summed E-state index contributed by atoms with van der Waals surface area (Å²) in [6.07, 6.45) is 4.91. The van der Waals surface area contributed by atoms with Gasteiger partial charge in [-0.3, -0.25) is 0 Å². The number of fused-ring (bicyclic) bond motifs is 1. The second-order valence-electron chi connectivity index (χ2n) is 13.4. The number of amides is 1. The number of piperidine rings is 1. The van der Waals surface area contributed by atoms with Crippen molar-refractivity contribution in [1.82, 2.24) is 24.8 Å². The van der Waals surface area contributed by atoms with Gasteiger partial charge in [-0.2, -0.15) is 0 Å². The number of nitrogens with one attached hydrogen (secondary N) is 2. The van der Waals surface area contributed by atoms with Crippen molar-refractivity contribution in [2.75, 3.05) is 23.7 Å². The molecule has 4 heterocycles. The van der Waals surface area contributed by atoms with Gasteiger partial charge in [0.05, 0.1) is 28.5 Å². The lowest BCUT2D eigenvalue weighted by molar-refractivity contribution is 0.0206. The molecule has 0 saturated carbocycles. The Balaban J connectivity index is 1.21. The first-order valence-corrected chi connectivity index (χ1v) is 17.3. The number of nitrogens with zero attached hydrogens (tertiary/aromatic N) is 5. The molecule has 250 valence electrons. The van der Waals surface area contributed by atoms with E-state index in [2.05, 4.69) is 64.1 Å². The zero-order chi connectivity index (χ0) is 33.8. The zero-order valence-corrected chi connectivity index (χ0v) is 29.2. The SMILES string of the molecule is Cc1ccc2c(NCc3csc(C(C)C)n3)cccc2c1Oc1ncccc1-c1ccnc(NC2CCCN(C(=O)OC(C)(C)C)C2)n1. The quantitative estimate of drug-likeness (QED) is 0.159. The Hall–Kier alpha value is -4.77. The van der Waals surface area contributed by atoms with Gasteiger partial charge in [0.1, 0.15) is 11.4 Å². The topological polar surface area (TPSA) is 114 Å². The summed E-state index contributed by atoms with van der Waals surface area (Å²) in [7, 11) is 0. The number of carbonyl (C=O) groups is 1. The summed E-state index contributed by atoms with van der Waals surface area (Å²) < 4.78 is 12.2. The van der Waals surface area contributed by atoms with Crippen LogP contribution in [-0.4, -0.2) is 55.7 Å². The summed E-state index contributed by atoms with van der Waals surface area (Å²) in [5, 5.41) is 12.3. The second kappa shape index (κ2) is 14.1. The van der Waals surface area contributed by atoms with E-state index in [1.807, 2.05) is 52.0 Å². The highest BCUT2D eigenvalue weighted by Gasteiger charge is 2.28. The predicted octanol–water partition coefficient (Wildman–Crippen LogP) is 8.80. The number of anilines is 2. The molecule has 2 aromatic carbocycles. The van der Waals surface area contributed by atoms with Gasteiger partial charge in [0, 0.05) is 59.3 Å². The average Bonchev–Trinajstić information content (AvgIpc) is 3.54. The van der Waals surface area contributed by atoms with Gasteiger partial charge in [-0.15, -0.1) is 11.3 Å². The van der Waals surface area contributed by atoms with E-state index in [0.29, 0.717) is 43.1 Å². The normalized spacial score (nSPS) is 15.1. The van der Waals surface area contributed by atoms with Crippen LogP contribution in [0.15, 0.2) is 66.3 Å². The van der Waals surface area contributed by atoms with E-state index in [-0.39, 0.29) is 12.1 Å². The lowest BCUT2D eigenvalue weighted by Gasteiger charge is -2.34. The van der Waals surface area contributed by atoms with E-state index in [1.54, 1.807) is 28.6 Å². The lowest BCUT2D eigenvalue weighted by atomic mass is 10.0. The second-order valence-corrected chi connectivity index (χ2v) is 14.3. The van der Waals surface area contributed by atoms with Crippen LogP contribution >= 0.6 is 11.3 Å². The minimum Gasteiger partial charge on any atom is -0.444 e. The number of aromatic nitrogens is 4. The van der Waals surface area contributed by atoms with Crippen LogP contribution in [-0.2, 0) is 11.3 Å². The van der Waals surface area contributed by atoms with Crippen LogP contribution in [0.4, 0.5) is 16.4 Å². The molecular weight excluding hydrogens is 623 g/mol. The standard InChI is InChI=1S/C37H43N7O3S/c1-23(2)34-41-26(22-48-34)20-40-30-13-7-11-28-27(30)15-14-24(3)32(28)46-33-29(12-8-17-38-33)31-16-18-39-35(43-31)42-25-10-9-19-44(21-25)36(45)47-37(4,5)6/h7-8,11-18,22-23,25,40H,9-10,19-21H2,1-6H3,(H,39,42,43). The Bertz CT molecular complexity index is 1900. The number of rotatable bonds is 9. The summed E-state index contributed by atoms with van der Waals surface area (Å²) >= 11 is 1.70. The lowest BCUT2D eigenvalue weighted by Crippen LogP contribution is -2.47. The molecule has 5 aromatic rings. The van der Waals surface area contributed by atoms with Crippen LogP contribution in [0.1, 0.15) is 69.6 Å². The van der Waals surface area contributed by atoms with Crippen molar-refractivity contribution in [1.29, 1.82) is 0 Å². The van der Waals surface area contributed by atoms with Gasteiger partial charge in [0.15, 0.2) is 0 Å². The van der Waals surface area contributed by atoms with E-state index < -0.39 is 5.60 Å². The van der Waals surface area contributed by atoms with Crippen molar-refractivity contribution in [2.24, 2.45) is 0 Å². The third kappa shape index (κ3) is 7.84. The number of thiazole rings is 1. The highest BCUT2D eigenvalue weighted by molar-refractivity contribution is 7.09. The minimum absolute atomic E-state index is 0.0000454. The van der Waals surface area contributed by atoms with Crippen LogP contribution in [0, 0.1) is 6.92 Å². The molecule has 6 rings (SSSR count). The molecule has 0 aliphatic carbocycles. The maximum atomic E-state index is 12.7. The van der Waals surface area contributed by atoms with E-state index in [1.165, 1.54) is 0 Å². The summed E-state index contributed by atoms with van der Waals surface area (Å²) in [5.41, 5.74) is 3.93. The Labute approximate surface area is 286 Å². The average molecular weight is 666 g/mol. The smallest absolute Gasteiger partial charge is 0.410 e. The summed E-state index contributed by atoms with van der Waals surface area (Å²) in [6.45, 7) is 13.8. The monoisotopic (exact) mass is 665 g/mol. The molecule has 1 unspecified atom stereocenters. The zero-order valence-electron chi connectivity index (χ0n) is 28.4. The Morgan fingerprint density at radius 3 is 2.69 bits per heavy atom. The van der Waals surface area contributed by atoms with E-state index in [0.717, 1.165) is 56.9 Å². The van der Waals surface area contributed by atoms with Crippen LogP contribution in [0.5, 0.6) is 11.6 Å². The number of likely N-dealkylation sites (tertiary alicyclic amines) is 1. The first-order chi connectivity index (χ1) is 23.0. The number of ether oxygens (including phenoxy) is 2. The molecule has 2 N–H and O–H groups in total. The van der Waals surface area contributed by atoms with E-state index >= 15 is 0 Å². The van der Waals surface area contributed by atoms with Gasteiger partial charge >= 0.3 is 6.09 Å². The molecule has 0 bridgehead atoms. The van der Waals surface area contributed by atoms with Crippen LogP contribution < -0.4 is 15.4 Å². The summed E-state index contributed by atoms with van der Waals surface area (Å²) in [6, 6.07) is 16.1. The fourth-order valence-electron chi connectivity index (χ4n) is 5.70. The molecule has 1 amide bonds. The Morgan fingerprint density at radius 2 is 1.90 bits per heavy atom. The molecule has 1 aliphatic heterocycles. The Kier molecular flexibility index (Phi) is 9.77. The Morgan fingerprint density at radius 1 is 1.04 bits per heavy atom. The largest absolute Gasteiger partial charge is 0.444 e. The molecular formula is C37H43N7O3S. The molecule has 10 nitrogen and oxygen atoms in total. The first kappa shape index (κ1) is 33.1. The molecule has 11 heteroatoms. The van der Waals surface area contributed by atoms with E-state index in [4.69, 9.17) is 19.4 Å². The fourth-order valence-corrected chi connectivity index (χ4v) is 6.53. The summed E-state index contributed by atoms with van der Waals surface area (Å²) in [5.74, 6) is 2.09. The molecule has 0 spiro atoms. The number of carbonyl (C=O) groups excluding carboxylic acids is 1. The van der Waals surface area contributed by atoms with Gasteiger partial charge in [0.2, 0.25) is 11.8 Å². The van der Waals surface area contributed by atoms with Crippen molar-refractivity contribution in [3.05, 3.63) is 82.6 Å². The number of aryl methyl sites for hydroxylation is 1. The first-order valence-electron chi connectivity index (χ1n) is 16.5. The van der Waals surface area contributed by atoms with E-state index in [9.17, 15) is 4.79 Å². The number of benzene rings is 2. The third-order valence-electron chi connectivity index (χ3n) is 8.04. The van der Waals surface area contributed by atoms with Gasteiger partial charge in [-0.05, 0) is 70.4 Å². The predicted molar refractivity (Wildman–Crippen MR) is 192 cm³/mol. The minimum atomic E-state index is -0.540.